The first-order valence-corrected chi connectivity index (χ1v) is 9.33. The minimum atomic E-state index is -3.47. The molecule has 1 amide bonds. The van der Waals surface area contributed by atoms with Crippen LogP contribution < -0.4 is 15.4 Å². The van der Waals surface area contributed by atoms with E-state index in [-0.39, 0.29) is 23.1 Å². The Morgan fingerprint density at radius 3 is 2.36 bits per heavy atom. The first kappa shape index (κ1) is 18.7. The van der Waals surface area contributed by atoms with Gasteiger partial charge in [0, 0.05) is 18.3 Å². The second-order valence-corrected chi connectivity index (χ2v) is 7.80. The molecule has 0 aliphatic carbocycles. The molecule has 6 nitrogen and oxygen atoms in total. The number of carbonyl (C=O) groups is 1. The van der Waals surface area contributed by atoms with Gasteiger partial charge < -0.3 is 11.1 Å². The number of nitrogens with one attached hydrogen (secondary N) is 1. The molecule has 0 aliphatic rings. The second kappa shape index (κ2) is 7.10. The summed E-state index contributed by atoms with van der Waals surface area (Å²) in [5.74, 6) is -0.765. The molecule has 0 spiro atoms. The van der Waals surface area contributed by atoms with Gasteiger partial charge in [-0.3, -0.25) is 9.10 Å². The van der Waals surface area contributed by atoms with Crippen LogP contribution in [0.25, 0.3) is 0 Å². The fourth-order valence-corrected chi connectivity index (χ4v) is 2.74. The van der Waals surface area contributed by atoms with Gasteiger partial charge in [-0.15, -0.1) is 0 Å². The zero-order chi connectivity index (χ0) is 18.8. The molecule has 0 bridgehead atoms. The van der Waals surface area contributed by atoms with Crippen molar-refractivity contribution in [2.45, 2.75) is 13.0 Å². The maximum Gasteiger partial charge on any atom is 0.251 e. The van der Waals surface area contributed by atoms with Gasteiger partial charge in [0.05, 0.1) is 18.0 Å². The summed E-state index contributed by atoms with van der Waals surface area (Å²) in [5.41, 5.74) is 7.34. The van der Waals surface area contributed by atoms with Crippen LogP contribution in [-0.4, -0.2) is 27.6 Å². The highest BCUT2D eigenvalue weighted by Crippen LogP contribution is 2.22. The lowest BCUT2D eigenvalue weighted by Gasteiger charge is -2.19. The minimum Gasteiger partial charge on any atom is -0.399 e. The Labute approximate surface area is 146 Å². The van der Waals surface area contributed by atoms with Crippen molar-refractivity contribution in [3.63, 3.8) is 0 Å². The standard InChI is InChI=1S/C17H20FN3O3S/c1-11(12-4-6-14(18)7-5-12)20-17(22)13-8-15(19)10-16(9-13)21(2)25(3,23)24/h4-11H,19H2,1-3H3,(H,20,22). The fourth-order valence-electron chi connectivity index (χ4n) is 2.25. The van der Waals surface area contributed by atoms with E-state index in [1.165, 1.54) is 37.4 Å². The highest BCUT2D eigenvalue weighted by molar-refractivity contribution is 7.92. The molecule has 25 heavy (non-hydrogen) atoms. The van der Waals surface area contributed by atoms with Crippen LogP contribution in [0, 0.1) is 5.82 Å². The van der Waals surface area contributed by atoms with Crippen LogP contribution >= 0.6 is 0 Å². The van der Waals surface area contributed by atoms with Crippen molar-refractivity contribution >= 4 is 27.3 Å². The van der Waals surface area contributed by atoms with Crippen molar-refractivity contribution in [3.05, 3.63) is 59.4 Å². The maximum absolute atomic E-state index is 13.0. The zero-order valence-electron chi connectivity index (χ0n) is 14.2. The van der Waals surface area contributed by atoms with Crippen molar-refractivity contribution in [1.82, 2.24) is 5.32 Å². The van der Waals surface area contributed by atoms with Crippen LogP contribution in [0.2, 0.25) is 0 Å². The van der Waals surface area contributed by atoms with E-state index in [0.29, 0.717) is 5.69 Å². The molecule has 0 heterocycles. The number of sulfonamides is 1. The van der Waals surface area contributed by atoms with E-state index in [1.807, 2.05) is 0 Å². The number of benzene rings is 2. The van der Waals surface area contributed by atoms with Gasteiger partial charge in [0.25, 0.3) is 5.91 Å². The molecule has 3 N–H and O–H groups in total. The fraction of sp³-hybridized carbons (Fsp3) is 0.235. The lowest BCUT2D eigenvalue weighted by Crippen LogP contribution is -2.28. The molecule has 0 aromatic heterocycles. The van der Waals surface area contributed by atoms with Gasteiger partial charge in [0.15, 0.2) is 0 Å². The number of nitrogen functional groups attached to an aromatic ring is 1. The number of hydrogen-bond acceptors (Lipinski definition) is 4. The van der Waals surface area contributed by atoms with E-state index in [4.69, 9.17) is 5.73 Å². The lowest BCUT2D eigenvalue weighted by atomic mass is 10.1. The highest BCUT2D eigenvalue weighted by Gasteiger charge is 2.17. The van der Waals surface area contributed by atoms with Crippen molar-refractivity contribution in [2.75, 3.05) is 23.3 Å². The number of amides is 1. The summed E-state index contributed by atoms with van der Waals surface area (Å²) in [6.07, 6.45) is 1.06. The van der Waals surface area contributed by atoms with Crippen LogP contribution in [0.15, 0.2) is 42.5 Å². The predicted octanol–water partition coefficient (Wildman–Crippen LogP) is 2.29. The van der Waals surface area contributed by atoms with Gasteiger partial charge in [-0.25, -0.2) is 12.8 Å². The number of nitrogens with zero attached hydrogens (tertiary/aromatic N) is 1. The zero-order valence-corrected chi connectivity index (χ0v) is 15.0. The van der Waals surface area contributed by atoms with Gasteiger partial charge in [0.1, 0.15) is 5.82 Å². The van der Waals surface area contributed by atoms with Crippen LogP contribution in [0.1, 0.15) is 28.9 Å². The van der Waals surface area contributed by atoms with Crippen molar-refractivity contribution < 1.29 is 17.6 Å². The first-order valence-electron chi connectivity index (χ1n) is 7.48. The van der Waals surface area contributed by atoms with Crippen LogP contribution in [0.3, 0.4) is 0 Å². The SMILES string of the molecule is CC(NC(=O)c1cc(N)cc(N(C)S(C)(=O)=O)c1)c1ccc(F)cc1. The Kier molecular flexibility index (Phi) is 5.32. The average molecular weight is 365 g/mol. The second-order valence-electron chi connectivity index (χ2n) is 5.79. The molecular weight excluding hydrogens is 345 g/mol. The van der Waals surface area contributed by atoms with Crippen molar-refractivity contribution in [2.24, 2.45) is 0 Å². The molecule has 8 heteroatoms. The van der Waals surface area contributed by atoms with E-state index in [0.717, 1.165) is 16.1 Å². The normalized spacial score (nSPS) is 12.5. The number of carbonyl (C=O) groups excluding carboxylic acids is 1. The number of nitrogens with two attached hydrogens (primary N) is 1. The summed E-state index contributed by atoms with van der Waals surface area (Å²) >= 11 is 0. The summed E-state index contributed by atoms with van der Waals surface area (Å²) in [6.45, 7) is 1.76. The molecule has 0 saturated carbocycles. The van der Waals surface area contributed by atoms with E-state index in [1.54, 1.807) is 19.1 Å². The molecule has 1 unspecified atom stereocenters. The molecule has 134 valence electrons. The largest absolute Gasteiger partial charge is 0.399 e. The Hall–Kier alpha value is -2.61. The van der Waals surface area contributed by atoms with Gasteiger partial charge >= 0.3 is 0 Å². The molecule has 2 aromatic carbocycles. The monoisotopic (exact) mass is 365 g/mol. The molecule has 1 atom stereocenters. The number of rotatable bonds is 5. The third-order valence-corrected chi connectivity index (χ3v) is 4.99. The molecule has 2 aromatic rings. The molecule has 0 aliphatic heterocycles. The Morgan fingerprint density at radius 1 is 1.20 bits per heavy atom. The van der Waals surface area contributed by atoms with Crippen LogP contribution in [-0.2, 0) is 10.0 Å². The van der Waals surface area contributed by atoms with Gasteiger partial charge in [0.2, 0.25) is 10.0 Å². The maximum atomic E-state index is 13.0. The predicted molar refractivity (Wildman–Crippen MR) is 96.4 cm³/mol. The Morgan fingerprint density at radius 2 is 1.80 bits per heavy atom. The Bertz CT molecular complexity index is 883. The first-order chi connectivity index (χ1) is 11.6. The van der Waals surface area contributed by atoms with E-state index >= 15 is 0 Å². The number of halogens is 1. The molecule has 0 fully saturated rings. The minimum absolute atomic E-state index is 0.236. The molecule has 0 radical (unpaired) electrons. The summed E-state index contributed by atoms with van der Waals surface area (Å²) in [6, 6.07) is 9.84. The third-order valence-electron chi connectivity index (χ3n) is 3.78. The molecular formula is C17H20FN3O3S. The van der Waals surface area contributed by atoms with Crippen molar-refractivity contribution in [1.29, 1.82) is 0 Å². The molecule has 0 saturated heterocycles. The van der Waals surface area contributed by atoms with E-state index in [9.17, 15) is 17.6 Å². The third kappa shape index (κ3) is 4.69. The highest BCUT2D eigenvalue weighted by atomic mass is 32.2. The summed E-state index contributed by atoms with van der Waals surface area (Å²) in [7, 11) is -2.09. The van der Waals surface area contributed by atoms with E-state index in [2.05, 4.69) is 5.32 Å². The van der Waals surface area contributed by atoms with Gasteiger partial charge in [-0.05, 0) is 42.8 Å². The summed E-state index contributed by atoms with van der Waals surface area (Å²) in [4.78, 5) is 12.5. The summed E-state index contributed by atoms with van der Waals surface area (Å²) < 4.78 is 37.4. The van der Waals surface area contributed by atoms with E-state index < -0.39 is 15.9 Å². The number of anilines is 2. The molecule has 2 rings (SSSR count). The van der Waals surface area contributed by atoms with Crippen molar-refractivity contribution in [3.8, 4) is 0 Å². The topological polar surface area (TPSA) is 92.5 Å². The summed E-state index contributed by atoms with van der Waals surface area (Å²) in [5, 5.41) is 2.78. The van der Waals surface area contributed by atoms with Crippen LogP contribution in [0.4, 0.5) is 15.8 Å². The number of hydrogen-bond donors (Lipinski definition) is 2. The van der Waals surface area contributed by atoms with Gasteiger partial charge in [-0.1, -0.05) is 12.1 Å². The smallest absolute Gasteiger partial charge is 0.251 e. The Balaban J connectivity index is 2.24. The lowest BCUT2D eigenvalue weighted by molar-refractivity contribution is 0.0940. The quantitative estimate of drug-likeness (QED) is 0.795. The van der Waals surface area contributed by atoms with Gasteiger partial charge in [-0.2, -0.15) is 0 Å². The average Bonchev–Trinajstić information content (AvgIpc) is 2.53. The van der Waals surface area contributed by atoms with Crippen LogP contribution in [0.5, 0.6) is 0 Å².